The normalized spacial score (nSPS) is 18.7. The van der Waals surface area contributed by atoms with Crippen LogP contribution in [0.1, 0.15) is 11.1 Å². The molecule has 0 fully saturated rings. The number of methoxy groups -OCH3 is 2. The van der Waals surface area contributed by atoms with Crippen molar-refractivity contribution in [2.24, 2.45) is 0 Å². The minimum absolute atomic E-state index is 0.0722. The Balaban J connectivity index is 1.86. The number of hydrogen-bond acceptors (Lipinski definition) is 6. The van der Waals surface area contributed by atoms with Crippen LogP contribution in [0.3, 0.4) is 0 Å². The van der Waals surface area contributed by atoms with Gasteiger partial charge < -0.3 is 19.6 Å². The molecule has 0 radical (unpaired) electrons. The molecule has 3 rings (SSSR count). The van der Waals surface area contributed by atoms with Gasteiger partial charge >= 0.3 is 0 Å². The predicted octanol–water partition coefficient (Wildman–Crippen LogP) is 1.18. The monoisotopic (exact) mass is 432 g/mol. The van der Waals surface area contributed by atoms with E-state index in [0.717, 1.165) is 9.87 Å². The van der Waals surface area contributed by atoms with Gasteiger partial charge in [0, 0.05) is 13.1 Å². The summed E-state index contributed by atoms with van der Waals surface area (Å²) in [6, 6.07) is 10.5. The molecule has 1 aliphatic heterocycles. The third kappa shape index (κ3) is 4.17. The van der Waals surface area contributed by atoms with E-state index in [-0.39, 0.29) is 11.3 Å². The third-order valence-corrected chi connectivity index (χ3v) is 7.12. The number of carbonyl (C=O) groups is 2. The number of nitrogens with zero attached hydrogens (tertiary/aromatic N) is 1. The summed E-state index contributed by atoms with van der Waals surface area (Å²) >= 11 is 0. The number of amides is 1. The predicted molar refractivity (Wildman–Crippen MR) is 110 cm³/mol. The number of hydrogen-bond donors (Lipinski definition) is 1. The molecule has 2 aromatic rings. The lowest BCUT2D eigenvalue weighted by Gasteiger charge is -2.33. The van der Waals surface area contributed by atoms with Crippen molar-refractivity contribution in [1.82, 2.24) is 9.62 Å². The number of benzene rings is 2. The maximum Gasteiger partial charge on any atom is 0.243 e. The molecule has 0 bridgehead atoms. The Morgan fingerprint density at radius 3 is 2.43 bits per heavy atom. The molecular formula is C21H24N2O6S. The number of ether oxygens (including phenoxy) is 2. The Bertz CT molecular complexity index is 1040. The second-order valence-electron chi connectivity index (χ2n) is 7.00. The van der Waals surface area contributed by atoms with Crippen LogP contribution in [-0.2, 0) is 32.5 Å². The highest BCUT2D eigenvalue weighted by Crippen LogP contribution is 2.37. The van der Waals surface area contributed by atoms with Crippen LogP contribution in [0, 0.1) is 0 Å². The first kappa shape index (κ1) is 21.8. The Morgan fingerprint density at radius 2 is 1.83 bits per heavy atom. The molecule has 1 unspecified atom stereocenters. The molecule has 1 N–H and O–H groups in total. The number of aldehydes is 1. The van der Waals surface area contributed by atoms with Gasteiger partial charge in [-0.1, -0.05) is 30.3 Å². The smallest absolute Gasteiger partial charge is 0.243 e. The first-order valence-electron chi connectivity index (χ1n) is 9.34. The summed E-state index contributed by atoms with van der Waals surface area (Å²) in [7, 11) is 0.305. The Kier molecular flexibility index (Phi) is 6.42. The zero-order valence-electron chi connectivity index (χ0n) is 17.0. The highest BCUT2D eigenvalue weighted by Gasteiger charge is 2.40. The molecule has 160 valence electrons. The molecule has 0 spiro atoms. The van der Waals surface area contributed by atoms with Crippen molar-refractivity contribution in [3.8, 4) is 11.5 Å². The molecular weight excluding hydrogens is 408 g/mol. The van der Waals surface area contributed by atoms with Crippen molar-refractivity contribution in [2.45, 2.75) is 29.8 Å². The second kappa shape index (κ2) is 8.85. The summed E-state index contributed by atoms with van der Waals surface area (Å²) < 4.78 is 37.5. The standard InChI is InChI=1S/C21H24N2O6S/c1-23-17(21(25)22-16(13-24)9-14-7-5-4-6-8-14)10-15-11-18(28-2)19(29-3)12-20(15)30(23,26)27/h4-8,11-13,16-17H,9-10H2,1-3H3,(H,22,25)/t16-,17?/m0/s1. The van der Waals surface area contributed by atoms with E-state index in [1.54, 1.807) is 6.07 Å². The molecule has 30 heavy (non-hydrogen) atoms. The fourth-order valence-electron chi connectivity index (χ4n) is 3.50. The van der Waals surface area contributed by atoms with Crippen LogP contribution in [0.25, 0.3) is 0 Å². The largest absolute Gasteiger partial charge is 0.493 e. The van der Waals surface area contributed by atoms with Crippen molar-refractivity contribution in [3.63, 3.8) is 0 Å². The Morgan fingerprint density at radius 1 is 1.20 bits per heavy atom. The van der Waals surface area contributed by atoms with Crippen molar-refractivity contribution in [3.05, 3.63) is 53.6 Å². The van der Waals surface area contributed by atoms with Crippen molar-refractivity contribution in [2.75, 3.05) is 21.3 Å². The quantitative estimate of drug-likeness (QED) is 0.659. The van der Waals surface area contributed by atoms with Crippen LogP contribution in [0.5, 0.6) is 11.5 Å². The maximum absolute atomic E-state index is 13.0. The van der Waals surface area contributed by atoms with Crippen LogP contribution in [0.4, 0.5) is 0 Å². The summed E-state index contributed by atoms with van der Waals surface area (Å²) in [5, 5.41) is 2.67. The third-order valence-electron chi connectivity index (χ3n) is 5.17. The molecule has 8 nitrogen and oxygen atoms in total. The molecule has 0 aliphatic carbocycles. The number of rotatable bonds is 7. The van der Waals surface area contributed by atoms with Gasteiger partial charge in [0.15, 0.2) is 11.5 Å². The van der Waals surface area contributed by atoms with Crippen molar-refractivity contribution in [1.29, 1.82) is 0 Å². The van der Waals surface area contributed by atoms with Gasteiger partial charge in [0.25, 0.3) is 0 Å². The summed E-state index contributed by atoms with van der Waals surface area (Å²) in [5.74, 6) is 0.138. The average molecular weight is 432 g/mol. The molecule has 0 saturated carbocycles. The van der Waals surface area contributed by atoms with E-state index >= 15 is 0 Å². The number of fused-ring (bicyclic) bond motifs is 1. The van der Waals surface area contributed by atoms with E-state index in [2.05, 4.69) is 5.32 Å². The summed E-state index contributed by atoms with van der Waals surface area (Å²) in [5.41, 5.74) is 1.35. The van der Waals surface area contributed by atoms with Gasteiger partial charge in [0.05, 0.1) is 25.2 Å². The first-order valence-corrected chi connectivity index (χ1v) is 10.8. The molecule has 1 amide bonds. The van der Waals surface area contributed by atoms with E-state index in [1.807, 2.05) is 30.3 Å². The lowest BCUT2D eigenvalue weighted by molar-refractivity contribution is -0.127. The van der Waals surface area contributed by atoms with Crippen molar-refractivity contribution >= 4 is 22.2 Å². The van der Waals surface area contributed by atoms with Gasteiger partial charge in [0.2, 0.25) is 15.9 Å². The first-order chi connectivity index (χ1) is 14.3. The summed E-state index contributed by atoms with van der Waals surface area (Å²) in [6.07, 6.45) is 1.12. The van der Waals surface area contributed by atoms with Gasteiger partial charge in [-0.05, 0) is 30.0 Å². The molecule has 1 heterocycles. The minimum Gasteiger partial charge on any atom is -0.493 e. The number of likely N-dealkylation sites (N-methyl/N-ethyl adjacent to an activating group) is 1. The van der Waals surface area contributed by atoms with E-state index in [9.17, 15) is 18.0 Å². The fraction of sp³-hybridized carbons (Fsp3) is 0.333. The molecule has 2 aromatic carbocycles. The number of nitrogens with one attached hydrogen (secondary N) is 1. The molecule has 0 aromatic heterocycles. The Labute approximate surface area is 175 Å². The molecule has 9 heteroatoms. The van der Waals surface area contributed by atoms with E-state index in [1.165, 1.54) is 27.3 Å². The lowest BCUT2D eigenvalue weighted by atomic mass is 10.0. The average Bonchev–Trinajstić information content (AvgIpc) is 2.75. The second-order valence-corrected chi connectivity index (χ2v) is 8.96. The summed E-state index contributed by atoms with van der Waals surface area (Å²) in [6.45, 7) is 0. The molecule has 1 aliphatic rings. The van der Waals surface area contributed by atoms with Crippen LogP contribution >= 0.6 is 0 Å². The van der Waals surface area contributed by atoms with E-state index in [0.29, 0.717) is 29.8 Å². The SMILES string of the molecule is COc1cc2c(cc1OC)S(=O)(=O)N(C)C(C(=O)N[C@H](C=O)Cc1ccccc1)C2. The van der Waals surface area contributed by atoms with E-state index < -0.39 is 28.0 Å². The number of sulfonamides is 1. The van der Waals surface area contributed by atoms with Gasteiger partial charge in [-0.2, -0.15) is 4.31 Å². The molecule has 2 atom stereocenters. The van der Waals surface area contributed by atoms with Crippen LogP contribution < -0.4 is 14.8 Å². The lowest BCUT2D eigenvalue weighted by Crippen LogP contribution is -2.54. The fourth-order valence-corrected chi connectivity index (χ4v) is 5.04. The summed E-state index contributed by atoms with van der Waals surface area (Å²) in [4.78, 5) is 24.5. The zero-order valence-corrected chi connectivity index (χ0v) is 17.8. The van der Waals surface area contributed by atoms with Crippen LogP contribution in [-0.4, -0.2) is 58.3 Å². The van der Waals surface area contributed by atoms with Gasteiger partial charge in [-0.25, -0.2) is 8.42 Å². The van der Waals surface area contributed by atoms with Gasteiger partial charge in [0.1, 0.15) is 12.3 Å². The maximum atomic E-state index is 13.0. The molecule has 0 saturated heterocycles. The highest BCUT2D eigenvalue weighted by molar-refractivity contribution is 7.89. The van der Waals surface area contributed by atoms with Crippen molar-refractivity contribution < 1.29 is 27.5 Å². The van der Waals surface area contributed by atoms with Gasteiger partial charge in [-0.15, -0.1) is 0 Å². The minimum atomic E-state index is -3.93. The topological polar surface area (TPSA) is 102 Å². The Hall–Kier alpha value is -2.91. The zero-order chi connectivity index (χ0) is 21.9. The van der Waals surface area contributed by atoms with Gasteiger partial charge in [-0.3, -0.25) is 4.79 Å². The van der Waals surface area contributed by atoms with E-state index in [4.69, 9.17) is 9.47 Å². The van der Waals surface area contributed by atoms with Crippen LogP contribution in [0.2, 0.25) is 0 Å². The highest BCUT2D eigenvalue weighted by atomic mass is 32.2. The number of carbonyl (C=O) groups excluding carboxylic acids is 2. The van der Waals surface area contributed by atoms with Crippen LogP contribution in [0.15, 0.2) is 47.4 Å².